The zero-order chi connectivity index (χ0) is 22.2. The molecule has 0 spiro atoms. The van der Waals surface area contributed by atoms with Gasteiger partial charge in [0.1, 0.15) is 11.5 Å². The number of hydrogen-bond acceptors (Lipinski definition) is 2. The molecule has 0 bridgehead atoms. The first-order valence-corrected chi connectivity index (χ1v) is 10.2. The molecule has 0 heterocycles. The standard InChI is InChI=1S/C24H33F3O2/c1-7-9-10-11-22(28)14-16(3)17(4)18(5)19(6)29-23-15-21(24(25,26)27)13-12-20(23)8-2/h8-10,12-13,15-19H,2,7,11,14H2,1,3-6H3/b10-9-. The number of carbonyl (C=O) groups is 1. The second-order valence-corrected chi connectivity index (χ2v) is 7.80. The lowest BCUT2D eigenvalue weighted by Crippen LogP contribution is -2.31. The van der Waals surface area contributed by atoms with Crippen molar-refractivity contribution in [3.63, 3.8) is 0 Å². The number of hydrogen-bond donors (Lipinski definition) is 0. The predicted molar refractivity (Wildman–Crippen MR) is 113 cm³/mol. The maximum atomic E-state index is 13.0. The van der Waals surface area contributed by atoms with Gasteiger partial charge in [0.05, 0.1) is 11.7 Å². The number of halogens is 3. The number of benzene rings is 1. The van der Waals surface area contributed by atoms with Gasteiger partial charge in [-0.3, -0.25) is 4.79 Å². The van der Waals surface area contributed by atoms with Crippen molar-refractivity contribution in [2.24, 2.45) is 17.8 Å². The number of allylic oxidation sites excluding steroid dienone is 2. The summed E-state index contributed by atoms with van der Waals surface area (Å²) in [4.78, 5) is 12.1. The Morgan fingerprint density at radius 3 is 2.34 bits per heavy atom. The second-order valence-electron chi connectivity index (χ2n) is 7.80. The Bertz CT molecular complexity index is 707. The molecule has 162 valence electrons. The highest BCUT2D eigenvalue weighted by atomic mass is 19.4. The average molecular weight is 411 g/mol. The maximum absolute atomic E-state index is 13.0. The van der Waals surface area contributed by atoms with Crippen molar-refractivity contribution in [3.05, 3.63) is 48.1 Å². The Kier molecular flexibility index (Phi) is 9.67. The zero-order valence-corrected chi connectivity index (χ0v) is 18.1. The number of ether oxygens (including phenoxy) is 1. The van der Waals surface area contributed by atoms with Gasteiger partial charge < -0.3 is 4.74 Å². The molecule has 0 aromatic heterocycles. The molecule has 0 aliphatic carbocycles. The van der Waals surface area contributed by atoms with Crippen LogP contribution in [0.25, 0.3) is 6.08 Å². The molecule has 0 saturated heterocycles. The summed E-state index contributed by atoms with van der Waals surface area (Å²) < 4.78 is 45.1. The molecule has 29 heavy (non-hydrogen) atoms. The summed E-state index contributed by atoms with van der Waals surface area (Å²) in [5.74, 6) is 0.744. The Morgan fingerprint density at radius 1 is 1.14 bits per heavy atom. The van der Waals surface area contributed by atoms with Crippen LogP contribution in [0.1, 0.15) is 65.0 Å². The van der Waals surface area contributed by atoms with Gasteiger partial charge in [0.15, 0.2) is 0 Å². The minimum atomic E-state index is -4.43. The summed E-state index contributed by atoms with van der Waals surface area (Å²) >= 11 is 0. The van der Waals surface area contributed by atoms with Crippen LogP contribution in [0.2, 0.25) is 0 Å². The highest BCUT2D eigenvalue weighted by Crippen LogP contribution is 2.35. The number of ketones is 1. The summed E-state index contributed by atoms with van der Waals surface area (Å²) in [7, 11) is 0. The molecule has 0 aliphatic heterocycles. The summed E-state index contributed by atoms with van der Waals surface area (Å²) in [6, 6.07) is 3.43. The first kappa shape index (κ1) is 25.0. The fourth-order valence-electron chi connectivity index (χ4n) is 3.24. The minimum Gasteiger partial charge on any atom is -0.490 e. The third kappa shape index (κ3) is 7.71. The second kappa shape index (κ2) is 11.2. The molecule has 0 radical (unpaired) electrons. The first-order chi connectivity index (χ1) is 13.5. The highest BCUT2D eigenvalue weighted by Gasteiger charge is 2.32. The zero-order valence-electron chi connectivity index (χ0n) is 18.1. The predicted octanol–water partition coefficient (Wildman–Crippen LogP) is 7.34. The van der Waals surface area contributed by atoms with E-state index in [-0.39, 0.29) is 35.4 Å². The van der Waals surface area contributed by atoms with Crippen molar-refractivity contribution in [2.75, 3.05) is 0 Å². The molecule has 0 aliphatic rings. The fourth-order valence-corrected chi connectivity index (χ4v) is 3.24. The minimum absolute atomic E-state index is 0.0520. The number of rotatable bonds is 11. The van der Waals surface area contributed by atoms with Gasteiger partial charge in [-0.2, -0.15) is 13.2 Å². The van der Waals surface area contributed by atoms with E-state index in [0.29, 0.717) is 18.4 Å². The van der Waals surface area contributed by atoms with E-state index < -0.39 is 11.7 Å². The Morgan fingerprint density at radius 2 is 1.79 bits per heavy atom. The molecule has 5 heteroatoms. The highest BCUT2D eigenvalue weighted by molar-refractivity contribution is 5.80. The van der Waals surface area contributed by atoms with E-state index in [9.17, 15) is 18.0 Å². The van der Waals surface area contributed by atoms with Crippen molar-refractivity contribution < 1.29 is 22.7 Å². The van der Waals surface area contributed by atoms with Crippen molar-refractivity contribution in [1.29, 1.82) is 0 Å². The normalized spacial score (nSPS) is 16.3. The van der Waals surface area contributed by atoms with Crippen molar-refractivity contribution in [1.82, 2.24) is 0 Å². The summed E-state index contributed by atoms with van der Waals surface area (Å²) in [5.41, 5.74) is -0.222. The molecule has 0 saturated carbocycles. The molecule has 4 atom stereocenters. The topological polar surface area (TPSA) is 26.3 Å². The van der Waals surface area contributed by atoms with Gasteiger partial charge in [0.2, 0.25) is 0 Å². The lowest BCUT2D eigenvalue weighted by molar-refractivity contribution is -0.137. The summed E-state index contributed by atoms with van der Waals surface area (Å²) in [6.45, 7) is 13.6. The van der Waals surface area contributed by atoms with Crippen LogP contribution >= 0.6 is 0 Å². The van der Waals surface area contributed by atoms with E-state index in [1.165, 1.54) is 12.1 Å². The van der Waals surface area contributed by atoms with Crippen LogP contribution in [0, 0.1) is 17.8 Å². The Hall–Kier alpha value is -2.04. The monoisotopic (exact) mass is 410 g/mol. The third-order valence-electron chi connectivity index (χ3n) is 5.64. The van der Waals surface area contributed by atoms with Gasteiger partial charge >= 0.3 is 6.18 Å². The van der Waals surface area contributed by atoms with Crippen molar-refractivity contribution in [2.45, 2.75) is 66.2 Å². The maximum Gasteiger partial charge on any atom is 0.416 e. The smallest absolute Gasteiger partial charge is 0.416 e. The Balaban J connectivity index is 2.82. The van der Waals surface area contributed by atoms with E-state index in [1.54, 1.807) is 0 Å². The lowest BCUT2D eigenvalue weighted by atomic mass is 9.79. The molecule has 0 amide bonds. The molecule has 1 aromatic carbocycles. The van der Waals surface area contributed by atoms with Crippen LogP contribution in [0.4, 0.5) is 13.2 Å². The van der Waals surface area contributed by atoms with Gasteiger partial charge in [-0.1, -0.05) is 58.6 Å². The van der Waals surface area contributed by atoms with Crippen molar-refractivity contribution in [3.8, 4) is 5.75 Å². The summed E-state index contributed by atoms with van der Waals surface area (Å²) in [5, 5.41) is 0. The van der Waals surface area contributed by atoms with Crippen LogP contribution < -0.4 is 4.74 Å². The van der Waals surface area contributed by atoms with E-state index >= 15 is 0 Å². The van der Waals surface area contributed by atoms with Gasteiger partial charge in [-0.05, 0) is 43.2 Å². The third-order valence-corrected chi connectivity index (χ3v) is 5.64. The quantitative estimate of drug-likeness (QED) is 0.357. The molecule has 0 N–H and O–H groups in total. The first-order valence-electron chi connectivity index (χ1n) is 10.2. The number of Topliss-reactive ketones (excluding diaryl/α,β-unsaturated/α-hetero) is 1. The average Bonchev–Trinajstić information content (AvgIpc) is 2.66. The molecule has 1 rings (SSSR count). The van der Waals surface area contributed by atoms with E-state index in [1.807, 2.05) is 39.8 Å². The molecule has 4 unspecified atom stereocenters. The van der Waals surface area contributed by atoms with Crippen molar-refractivity contribution >= 4 is 11.9 Å². The van der Waals surface area contributed by atoms with Gasteiger partial charge in [-0.25, -0.2) is 0 Å². The van der Waals surface area contributed by atoms with Crippen LogP contribution in [0.15, 0.2) is 36.9 Å². The fraction of sp³-hybridized carbons (Fsp3) is 0.542. The summed E-state index contributed by atoms with van der Waals surface area (Å²) in [6.07, 6.45) is 2.46. The lowest BCUT2D eigenvalue weighted by Gasteiger charge is -2.31. The van der Waals surface area contributed by atoms with Gasteiger partial charge in [0.25, 0.3) is 0 Å². The Labute approximate surface area is 172 Å². The molecule has 0 fully saturated rings. The van der Waals surface area contributed by atoms with E-state index in [0.717, 1.165) is 18.6 Å². The van der Waals surface area contributed by atoms with Crippen LogP contribution in [0.3, 0.4) is 0 Å². The molecule has 1 aromatic rings. The molecular formula is C24H33F3O2. The number of alkyl halides is 3. The van der Waals surface area contributed by atoms with Crippen LogP contribution in [-0.4, -0.2) is 11.9 Å². The SMILES string of the molecule is C=Cc1ccc(C(F)(F)F)cc1OC(C)C(C)C(C)C(C)CC(=O)C/C=C\CC. The van der Waals surface area contributed by atoms with Gasteiger partial charge in [0, 0.05) is 18.4 Å². The molecule has 2 nitrogen and oxygen atoms in total. The van der Waals surface area contributed by atoms with Gasteiger partial charge in [-0.15, -0.1) is 0 Å². The van der Waals surface area contributed by atoms with E-state index in [2.05, 4.69) is 13.5 Å². The molecular weight excluding hydrogens is 377 g/mol. The van der Waals surface area contributed by atoms with E-state index in [4.69, 9.17) is 4.74 Å². The number of carbonyl (C=O) groups excluding carboxylic acids is 1. The largest absolute Gasteiger partial charge is 0.490 e. The van der Waals surface area contributed by atoms with Crippen LogP contribution in [-0.2, 0) is 11.0 Å². The van der Waals surface area contributed by atoms with Crippen LogP contribution in [0.5, 0.6) is 5.75 Å².